The van der Waals surface area contributed by atoms with Crippen molar-refractivity contribution < 1.29 is 4.79 Å². The largest absolute Gasteiger partial charge is 0.353 e. The molecule has 0 saturated carbocycles. The first kappa shape index (κ1) is 12.9. The van der Waals surface area contributed by atoms with E-state index in [1.54, 1.807) is 11.9 Å². The van der Waals surface area contributed by atoms with E-state index in [0.29, 0.717) is 6.54 Å². The number of rotatable bonds is 6. The summed E-state index contributed by atoms with van der Waals surface area (Å²) in [6.45, 7) is 4.66. The van der Waals surface area contributed by atoms with Gasteiger partial charge in [-0.2, -0.15) is 5.26 Å². The maximum absolute atomic E-state index is 11.4. The van der Waals surface area contributed by atoms with Gasteiger partial charge >= 0.3 is 0 Å². The van der Waals surface area contributed by atoms with Crippen LogP contribution in [0.4, 0.5) is 0 Å². The molecule has 4 heteroatoms. The average molecular weight is 197 g/mol. The summed E-state index contributed by atoms with van der Waals surface area (Å²) in [5, 5.41) is 11.3. The van der Waals surface area contributed by atoms with Gasteiger partial charge < -0.3 is 5.32 Å². The van der Waals surface area contributed by atoms with Crippen molar-refractivity contribution in [1.29, 1.82) is 5.26 Å². The van der Waals surface area contributed by atoms with Gasteiger partial charge in [-0.25, -0.2) is 0 Å². The Morgan fingerprint density at radius 1 is 1.64 bits per heavy atom. The number of likely N-dealkylation sites (N-methyl/N-ethyl adjacent to an activating group) is 1. The quantitative estimate of drug-likeness (QED) is 0.639. The van der Waals surface area contributed by atoms with Crippen LogP contribution in [-0.4, -0.2) is 37.0 Å². The Balaban J connectivity index is 3.70. The van der Waals surface area contributed by atoms with Crippen LogP contribution in [0.3, 0.4) is 0 Å². The lowest BCUT2D eigenvalue weighted by Crippen LogP contribution is -2.39. The number of carbonyl (C=O) groups excluding carboxylic acids is 1. The van der Waals surface area contributed by atoms with Crippen LogP contribution in [0.25, 0.3) is 0 Å². The Labute approximate surface area is 85.9 Å². The molecule has 0 radical (unpaired) electrons. The van der Waals surface area contributed by atoms with E-state index in [0.717, 1.165) is 12.8 Å². The van der Waals surface area contributed by atoms with E-state index in [9.17, 15) is 4.79 Å². The smallest absolute Gasteiger partial charge is 0.234 e. The molecule has 0 aromatic heterocycles. The summed E-state index contributed by atoms with van der Waals surface area (Å²) in [5.41, 5.74) is 0. The molecule has 1 amide bonds. The van der Waals surface area contributed by atoms with Crippen molar-refractivity contribution in [1.82, 2.24) is 10.2 Å². The summed E-state index contributed by atoms with van der Waals surface area (Å²) in [6.07, 6.45) is 2.06. The molecule has 80 valence electrons. The monoisotopic (exact) mass is 197 g/mol. The van der Waals surface area contributed by atoms with Crippen LogP contribution < -0.4 is 5.32 Å². The molecule has 0 heterocycles. The fourth-order valence-electron chi connectivity index (χ4n) is 1.25. The second-order valence-corrected chi connectivity index (χ2v) is 3.59. The van der Waals surface area contributed by atoms with Gasteiger partial charge in [-0.3, -0.25) is 9.69 Å². The molecule has 0 saturated heterocycles. The summed E-state index contributed by atoms with van der Waals surface area (Å²) in [7, 11) is 1.76. The number of nitrogens with one attached hydrogen (secondary N) is 1. The SMILES string of the molecule is CCCC(C)NC(=O)CN(C)CC#N. The molecule has 0 aliphatic carbocycles. The predicted molar refractivity (Wildman–Crippen MR) is 55.6 cm³/mol. The first-order valence-electron chi connectivity index (χ1n) is 4.95. The summed E-state index contributed by atoms with van der Waals surface area (Å²) in [5.74, 6) is -0.0105. The molecule has 0 spiro atoms. The minimum atomic E-state index is -0.0105. The van der Waals surface area contributed by atoms with Gasteiger partial charge in [0.25, 0.3) is 0 Å². The highest BCUT2D eigenvalue weighted by Crippen LogP contribution is 1.94. The first-order valence-corrected chi connectivity index (χ1v) is 4.95. The highest BCUT2D eigenvalue weighted by molar-refractivity contribution is 5.78. The van der Waals surface area contributed by atoms with Crippen molar-refractivity contribution in [3.8, 4) is 6.07 Å². The zero-order valence-electron chi connectivity index (χ0n) is 9.21. The van der Waals surface area contributed by atoms with Crippen molar-refractivity contribution in [2.75, 3.05) is 20.1 Å². The Morgan fingerprint density at radius 3 is 2.79 bits per heavy atom. The van der Waals surface area contributed by atoms with Gasteiger partial charge in [-0.1, -0.05) is 13.3 Å². The Kier molecular flexibility index (Phi) is 6.77. The lowest BCUT2D eigenvalue weighted by Gasteiger charge is -2.16. The third kappa shape index (κ3) is 6.44. The molecule has 1 N–H and O–H groups in total. The predicted octanol–water partition coefficient (Wildman–Crippen LogP) is 0.747. The van der Waals surface area contributed by atoms with E-state index in [1.165, 1.54) is 0 Å². The fraction of sp³-hybridized carbons (Fsp3) is 0.800. The minimum Gasteiger partial charge on any atom is -0.353 e. The highest BCUT2D eigenvalue weighted by atomic mass is 16.2. The normalized spacial score (nSPS) is 12.2. The Morgan fingerprint density at radius 2 is 2.29 bits per heavy atom. The Hall–Kier alpha value is -1.08. The number of carbonyl (C=O) groups is 1. The van der Waals surface area contributed by atoms with Gasteiger partial charge in [0.05, 0.1) is 19.2 Å². The second-order valence-electron chi connectivity index (χ2n) is 3.59. The maximum Gasteiger partial charge on any atom is 0.234 e. The number of amides is 1. The lowest BCUT2D eigenvalue weighted by atomic mass is 10.2. The van der Waals surface area contributed by atoms with Crippen LogP contribution in [0.15, 0.2) is 0 Å². The molecule has 0 fully saturated rings. The van der Waals surface area contributed by atoms with Crippen LogP contribution in [0, 0.1) is 11.3 Å². The minimum absolute atomic E-state index is 0.0105. The average Bonchev–Trinajstić information content (AvgIpc) is 2.03. The van der Waals surface area contributed by atoms with Gasteiger partial charge in [-0.15, -0.1) is 0 Å². The molecular weight excluding hydrogens is 178 g/mol. The zero-order chi connectivity index (χ0) is 11.0. The van der Waals surface area contributed by atoms with E-state index >= 15 is 0 Å². The third-order valence-electron chi connectivity index (χ3n) is 1.88. The van der Waals surface area contributed by atoms with E-state index in [1.807, 2.05) is 13.0 Å². The van der Waals surface area contributed by atoms with Gasteiger partial charge in [0.15, 0.2) is 0 Å². The third-order valence-corrected chi connectivity index (χ3v) is 1.88. The Bertz CT molecular complexity index is 210. The van der Waals surface area contributed by atoms with Crippen molar-refractivity contribution in [2.24, 2.45) is 0 Å². The van der Waals surface area contributed by atoms with Gasteiger partial charge in [0.1, 0.15) is 0 Å². The van der Waals surface area contributed by atoms with Crippen molar-refractivity contribution in [3.05, 3.63) is 0 Å². The van der Waals surface area contributed by atoms with Gasteiger partial charge in [0.2, 0.25) is 5.91 Å². The molecule has 4 nitrogen and oxygen atoms in total. The number of hydrogen-bond acceptors (Lipinski definition) is 3. The summed E-state index contributed by atoms with van der Waals surface area (Å²) in [4.78, 5) is 13.0. The topological polar surface area (TPSA) is 56.1 Å². The standard InChI is InChI=1S/C10H19N3O/c1-4-5-9(2)12-10(14)8-13(3)7-6-11/h9H,4-5,7-8H2,1-3H3,(H,12,14). The van der Waals surface area contributed by atoms with Crippen LogP contribution >= 0.6 is 0 Å². The number of nitriles is 1. The lowest BCUT2D eigenvalue weighted by molar-refractivity contribution is -0.122. The molecule has 0 aromatic rings. The number of nitrogens with zero attached hydrogens (tertiary/aromatic N) is 2. The van der Waals surface area contributed by atoms with Gasteiger partial charge in [0, 0.05) is 6.04 Å². The van der Waals surface area contributed by atoms with Crippen molar-refractivity contribution in [2.45, 2.75) is 32.7 Å². The molecule has 1 unspecified atom stereocenters. The number of hydrogen-bond donors (Lipinski definition) is 1. The zero-order valence-corrected chi connectivity index (χ0v) is 9.21. The van der Waals surface area contributed by atoms with E-state index < -0.39 is 0 Å². The van der Waals surface area contributed by atoms with Crippen molar-refractivity contribution >= 4 is 5.91 Å². The molecular formula is C10H19N3O. The van der Waals surface area contributed by atoms with Crippen molar-refractivity contribution in [3.63, 3.8) is 0 Å². The van der Waals surface area contributed by atoms with Crippen LogP contribution in [0.2, 0.25) is 0 Å². The summed E-state index contributed by atoms with van der Waals surface area (Å²) >= 11 is 0. The molecule has 0 aliphatic heterocycles. The summed E-state index contributed by atoms with van der Waals surface area (Å²) in [6, 6.07) is 2.22. The molecule has 0 aliphatic rings. The highest BCUT2D eigenvalue weighted by Gasteiger charge is 2.08. The van der Waals surface area contributed by atoms with Crippen LogP contribution in [0.1, 0.15) is 26.7 Å². The van der Waals surface area contributed by atoms with E-state index in [-0.39, 0.29) is 18.5 Å². The van der Waals surface area contributed by atoms with Crippen LogP contribution in [-0.2, 0) is 4.79 Å². The molecule has 1 atom stereocenters. The van der Waals surface area contributed by atoms with Crippen LogP contribution in [0.5, 0.6) is 0 Å². The van der Waals surface area contributed by atoms with E-state index in [2.05, 4.69) is 12.2 Å². The summed E-state index contributed by atoms with van der Waals surface area (Å²) < 4.78 is 0. The molecule has 0 aromatic carbocycles. The molecule has 0 rings (SSSR count). The van der Waals surface area contributed by atoms with Gasteiger partial charge in [-0.05, 0) is 20.4 Å². The fourth-order valence-corrected chi connectivity index (χ4v) is 1.25. The van der Waals surface area contributed by atoms with E-state index in [4.69, 9.17) is 5.26 Å². The second kappa shape index (κ2) is 7.34. The first-order chi connectivity index (χ1) is 6.60. The molecule has 0 bridgehead atoms. The maximum atomic E-state index is 11.4. The molecule has 14 heavy (non-hydrogen) atoms.